The number of carboxylic acids is 1. The van der Waals surface area contributed by atoms with E-state index in [4.69, 9.17) is 14.6 Å². The molecule has 4 N–H and O–H groups in total. The van der Waals surface area contributed by atoms with Crippen LogP contribution in [0.2, 0.25) is 0 Å². The minimum Gasteiger partial charge on any atom is -0.491 e. The second kappa shape index (κ2) is 13.0. The van der Waals surface area contributed by atoms with Gasteiger partial charge < -0.3 is 25.8 Å². The number of fused-ring (bicyclic) bond motifs is 1. The molecule has 0 saturated carbocycles. The Balaban J connectivity index is 0.000000532. The van der Waals surface area contributed by atoms with Crippen LogP contribution < -0.4 is 20.7 Å². The fourth-order valence-electron chi connectivity index (χ4n) is 5.00. The fourth-order valence-corrected chi connectivity index (χ4v) is 5.00. The van der Waals surface area contributed by atoms with Crippen LogP contribution >= 0.6 is 0 Å². The lowest BCUT2D eigenvalue weighted by atomic mass is 9.73. The van der Waals surface area contributed by atoms with Crippen LogP contribution in [-0.2, 0) is 10.2 Å². The van der Waals surface area contributed by atoms with Crippen LogP contribution in [-0.4, -0.2) is 62.4 Å². The van der Waals surface area contributed by atoms with Crippen molar-refractivity contribution in [3.63, 3.8) is 0 Å². The molecule has 1 saturated heterocycles. The highest BCUT2D eigenvalue weighted by atomic mass is 19.4. The van der Waals surface area contributed by atoms with Gasteiger partial charge in [0.25, 0.3) is 11.8 Å². The van der Waals surface area contributed by atoms with Gasteiger partial charge in [0.15, 0.2) is 0 Å². The Bertz CT molecular complexity index is 1170. The van der Waals surface area contributed by atoms with Crippen molar-refractivity contribution in [2.75, 3.05) is 33.3 Å². The van der Waals surface area contributed by atoms with Crippen LogP contribution in [0.5, 0.6) is 5.75 Å². The van der Waals surface area contributed by atoms with E-state index in [1.165, 1.54) is 0 Å². The molecule has 0 aliphatic carbocycles. The number of carboxylic acid groups (broad SMARTS) is 1. The van der Waals surface area contributed by atoms with Gasteiger partial charge in [0.05, 0.1) is 11.0 Å². The smallest absolute Gasteiger partial charge is 0.490 e. The summed E-state index contributed by atoms with van der Waals surface area (Å²) in [7, 11) is 1.60. The molecule has 1 fully saturated rings. The number of nitrogens with one attached hydrogen (secondary N) is 3. The SMILES string of the molecule is CC[C@]1(c2ccccc2)COc2c(C(=O)NC)cc(C(=O)NCCC3CCNCC3)cc21.O=C(O)C(F)(F)F. The summed E-state index contributed by atoms with van der Waals surface area (Å²) in [5, 5.41) is 16.3. The summed E-state index contributed by atoms with van der Waals surface area (Å²) in [6.07, 6.45) is -0.989. The molecule has 212 valence electrons. The lowest BCUT2D eigenvalue weighted by Gasteiger charge is -2.27. The summed E-state index contributed by atoms with van der Waals surface area (Å²) in [5.74, 6) is -1.91. The highest BCUT2D eigenvalue weighted by Gasteiger charge is 2.43. The van der Waals surface area contributed by atoms with E-state index >= 15 is 0 Å². The van der Waals surface area contributed by atoms with Gasteiger partial charge in [-0.05, 0) is 62.4 Å². The number of rotatable bonds is 7. The van der Waals surface area contributed by atoms with Crippen molar-refractivity contribution in [3.8, 4) is 5.75 Å². The molecule has 0 radical (unpaired) electrons. The van der Waals surface area contributed by atoms with Gasteiger partial charge in [0.1, 0.15) is 12.4 Å². The Labute approximate surface area is 225 Å². The molecular weight excluding hydrogens is 515 g/mol. The molecule has 8 nitrogen and oxygen atoms in total. The molecule has 0 aromatic heterocycles. The first kappa shape index (κ1) is 29.9. The number of hydrogen-bond acceptors (Lipinski definition) is 5. The minimum atomic E-state index is -5.08. The van der Waals surface area contributed by atoms with Crippen LogP contribution in [0.15, 0.2) is 42.5 Å². The molecule has 2 aliphatic heterocycles. The average molecular weight is 550 g/mol. The van der Waals surface area contributed by atoms with Crippen molar-refractivity contribution in [2.24, 2.45) is 5.92 Å². The number of carbonyl (C=O) groups excluding carboxylic acids is 2. The van der Waals surface area contributed by atoms with Crippen molar-refractivity contribution >= 4 is 17.8 Å². The number of carbonyl (C=O) groups is 3. The van der Waals surface area contributed by atoms with Crippen molar-refractivity contribution in [2.45, 2.75) is 44.2 Å². The number of hydrogen-bond donors (Lipinski definition) is 4. The van der Waals surface area contributed by atoms with Gasteiger partial charge in [0.2, 0.25) is 0 Å². The highest BCUT2D eigenvalue weighted by molar-refractivity contribution is 6.02. The van der Waals surface area contributed by atoms with Gasteiger partial charge in [-0.1, -0.05) is 37.3 Å². The van der Waals surface area contributed by atoms with Crippen LogP contribution in [0, 0.1) is 5.92 Å². The van der Waals surface area contributed by atoms with Crippen molar-refractivity contribution in [1.82, 2.24) is 16.0 Å². The van der Waals surface area contributed by atoms with E-state index in [9.17, 15) is 22.8 Å². The standard InChI is InChI=1S/C26H33N3O3.C2HF3O2/c1-3-26(20-7-5-4-6-8-20)17-32-23-21(25(31)27-2)15-19(16-22(23)26)24(30)29-14-11-18-9-12-28-13-10-18;3-2(4,5)1(6)7/h4-8,15-16,18,28H,3,9-14,17H2,1-2H3,(H,27,31)(H,29,30);(H,6,7)/t26-;/m1./s1. The third-order valence-electron chi connectivity index (χ3n) is 7.27. The zero-order valence-corrected chi connectivity index (χ0v) is 22.0. The van der Waals surface area contributed by atoms with E-state index in [1.807, 2.05) is 24.3 Å². The Morgan fingerprint density at radius 3 is 2.31 bits per heavy atom. The molecule has 2 heterocycles. The third kappa shape index (κ3) is 7.08. The number of aliphatic carboxylic acids is 1. The summed E-state index contributed by atoms with van der Waals surface area (Å²) in [5.41, 5.74) is 2.58. The molecule has 11 heteroatoms. The van der Waals surface area contributed by atoms with Crippen LogP contribution in [0.3, 0.4) is 0 Å². The molecule has 39 heavy (non-hydrogen) atoms. The first-order chi connectivity index (χ1) is 18.5. The Morgan fingerprint density at radius 2 is 1.74 bits per heavy atom. The molecular formula is C28H34F3N3O5. The van der Waals surface area contributed by atoms with Gasteiger partial charge in [-0.3, -0.25) is 9.59 Å². The maximum Gasteiger partial charge on any atom is 0.490 e. The quantitative estimate of drug-likeness (QED) is 0.417. The second-order valence-electron chi connectivity index (χ2n) is 9.61. The molecule has 2 aromatic carbocycles. The molecule has 0 spiro atoms. The van der Waals surface area contributed by atoms with Crippen LogP contribution in [0.4, 0.5) is 13.2 Å². The summed E-state index contributed by atoms with van der Waals surface area (Å²) in [6, 6.07) is 13.8. The van der Waals surface area contributed by atoms with Crippen molar-refractivity contribution < 1.29 is 37.4 Å². The second-order valence-corrected chi connectivity index (χ2v) is 9.61. The summed E-state index contributed by atoms with van der Waals surface area (Å²) >= 11 is 0. The predicted molar refractivity (Wildman–Crippen MR) is 139 cm³/mol. The van der Waals surface area contributed by atoms with Crippen molar-refractivity contribution in [3.05, 3.63) is 64.7 Å². The van der Waals surface area contributed by atoms with E-state index in [2.05, 4.69) is 35.0 Å². The van der Waals surface area contributed by atoms with Gasteiger partial charge in [-0.15, -0.1) is 0 Å². The lowest BCUT2D eigenvalue weighted by molar-refractivity contribution is -0.192. The maximum atomic E-state index is 13.1. The van der Waals surface area contributed by atoms with E-state index < -0.39 is 12.1 Å². The Kier molecular flexibility index (Phi) is 9.96. The van der Waals surface area contributed by atoms with E-state index in [-0.39, 0.29) is 17.2 Å². The number of halogens is 3. The zero-order valence-electron chi connectivity index (χ0n) is 22.0. The molecule has 0 unspecified atom stereocenters. The number of alkyl halides is 3. The molecule has 0 bridgehead atoms. The highest BCUT2D eigenvalue weighted by Crippen LogP contribution is 2.47. The van der Waals surface area contributed by atoms with E-state index in [0.717, 1.165) is 49.9 Å². The zero-order chi connectivity index (χ0) is 28.6. The molecule has 2 aliphatic rings. The van der Waals surface area contributed by atoms with Gasteiger partial charge >= 0.3 is 12.1 Å². The van der Waals surface area contributed by atoms with Crippen molar-refractivity contribution in [1.29, 1.82) is 0 Å². The first-order valence-corrected chi connectivity index (χ1v) is 12.9. The monoisotopic (exact) mass is 549 g/mol. The average Bonchev–Trinajstić information content (AvgIpc) is 3.32. The summed E-state index contributed by atoms with van der Waals surface area (Å²) in [6.45, 7) is 5.32. The van der Waals surface area contributed by atoms with Crippen LogP contribution in [0.25, 0.3) is 0 Å². The topological polar surface area (TPSA) is 117 Å². The third-order valence-corrected chi connectivity index (χ3v) is 7.27. The first-order valence-electron chi connectivity index (χ1n) is 12.9. The number of piperidine rings is 1. The van der Waals surface area contributed by atoms with Gasteiger partial charge in [0, 0.05) is 24.7 Å². The normalized spacial score (nSPS) is 18.7. The Hall–Kier alpha value is -3.60. The molecule has 2 aromatic rings. The van der Waals surface area contributed by atoms with Gasteiger partial charge in [-0.2, -0.15) is 13.2 Å². The minimum absolute atomic E-state index is 0.142. The molecule has 4 rings (SSSR count). The van der Waals surface area contributed by atoms with E-state index in [0.29, 0.717) is 35.9 Å². The van der Waals surface area contributed by atoms with Crippen LogP contribution in [0.1, 0.15) is 64.4 Å². The molecule has 1 atom stereocenters. The maximum absolute atomic E-state index is 13.1. The van der Waals surface area contributed by atoms with Gasteiger partial charge in [-0.25, -0.2) is 4.79 Å². The summed E-state index contributed by atoms with van der Waals surface area (Å²) in [4.78, 5) is 34.7. The Morgan fingerprint density at radius 1 is 1.10 bits per heavy atom. The summed E-state index contributed by atoms with van der Waals surface area (Å²) < 4.78 is 37.8. The number of ether oxygens (including phenoxy) is 1. The lowest BCUT2D eigenvalue weighted by Crippen LogP contribution is -2.32. The largest absolute Gasteiger partial charge is 0.491 e. The van der Waals surface area contributed by atoms with E-state index in [1.54, 1.807) is 13.1 Å². The number of benzene rings is 2. The predicted octanol–water partition coefficient (Wildman–Crippen LogP) is 3.89. The molecule has 2 amide bonds. The fraction of sp³-hybridized carbons (Fsp3) is 0.464. The number of amides is 2.